The standard InChI is InChI=1S/C16H17ClO3/c1-10-8-11(4-6-14(10)19-2)16(18)13-9-12(17)5-7-15(13)20-3/h4-9,16,18H,1-3H3. The molecule has 0 saturated heterocycles. The van der Waals surface area contributed by atoms with Crippen LogP contribution >= 0.6 is 11.6 Å². The third-order valence-corrected chi connectivity index (χ3v) is 3.46. The van der Waals surface area contributed by atoms with Crippen LogP contribution in [0.2, 0.25) is 5.02 Å². The highest BCUT2D eigenvalue weighted by Crippen LogP contribution is 2.33. The number of ether oxygens (including phenoxy) is 2. The molecule has 0 saturated carbocycles. The number of benzene rings is 2. The molecule has 0 aliphatic rings. The van der Waals surface area contributed by atoms with E-state index in [1.165, 1.54) is 0 Å². The Morgan fingerprint density at radius 3 is 2.25 bits per heavy atom. The molecule has 0 aromatic heterocycles. The second-order valence-electron chi connectivity index (χ2n) is 4.52. The summed E-state index contributed by atoms with van der Waals surface area (Å²) >= 11 is 6.00. The molecule has 0 aliphatic carbocycles. The molecule has 106 valence electrons. The monoisotopic (exact) mass is 292 g/mol. The van der Waals surface area contributed by atoms with Crippen molar-refractivity contribution in [1.29, 1.82) is 0 Å². The van der Waals surface area contributed by atoms with Gasteiger partial charge in [-0.3, -0.25) is 0 Å². The summed E-state index contributed by atoms with van der Waals surface area (Å²) in [4.78, 5) is 0. The van der Waals surface area contributed by atoms with E-state index in [2.05, 4.69) is 0 Å². The molecule has 4 heteroatoms. The molecule has 2 aromatic carbocycles. The Hall–Kier alpha value is -1.71. The summed E-state index contributed by atoms with van der Waals surface area (Å²) in [6.45, 7) is 1.93. The normalized spacial score (nSPS) is 12.1. The SMILES string of the molecule is COc1ccc(C(O)c2cc(Cl)ccc2OC)cc1C. The van der Waals surface area contributed by atoms with Crippen LogP contribution in [0.15, 0.2) is 36.4 Å². The van der Waals surface area contributed by atoms with E-state index in [-0.39, 0.29) is 0 Å². The number of rotatable bonds is 4. The van der Waals surface area contributed by atoms with Gasteiger partial charge in [-0.2, -0.15) is 0 Å². The van der Waals surface area contributed by atoms with Gasteiger partial charge in [-0.1, -0.05) is 17.7 Å². The first-order valence-corrected chi connectivity index (χ1v) is 6.60. The van der Waals surface area contributed by atoms with Crippen molar-refractivity contribution in [3.63, 3.8) is 0 Å². The zero-order valence-corrected chi connectivity index (χ0v) is 12.4. The summed E-state index contributed by atoms with van der Waals surface area (Å²) in [6.07, 6.45) is -0.798. The minimum atomic E-state index is -0.798. The Kier molecular flexibility index (Phi) is 4.53. The molecule has 1 N–H and O–H groups in total. The fourth-order valence-corrected chi connectivity index (χ4v) is 2.35. The van der Waals surface area contributed by atoms with Crippen LogP contribution < -0.4 is 9.47 Å². The second kappa shape index (κ2) is 6.16. The van der Waals surface area contributed by atoms with Crippen LogP contribution in [0.3, 0.4) is 0 Å². The maximum absolute atomic E-state index is 10.5. The zero-order valence-electron chi connectivity index (χ0n) is 11.7. The number of hydrogen-bond acceptors (Lipinski definition) is 3. The summed E-state index contributed by atoms with van der Waals surface area (Å²) in [5, 5.41) is 11.1. The Labute approximate surface area is 123 Å². The van der Waals surface area contributed by atoms with Crippen molar-refractivity contribution >= 4 is 11.6 Å². The largest absolute Gasteiger partial charge is 0.496 e. The number of aliphatic hydroxyl groups excluding tert-OH is 1. The Morgan fingerprint density at radius 1 is 1.00 bits per heavy atom. The van der Waals surface area contributed by atoms with Gasteiger partial charge in [-0.25, -0.2) is 0 Å². The van der Waals surface area contributed by atoms with E-state index in [4.69, 9.17) is 21.1 Å². The predicted molar refractivity (Wildman–Crippen MR) is 79.8 cm³/mol. The average molecular weight is 293 g/mol. The molecule has 0 spiro atoms. The van der Waals surface area contributed by atoms with Gasteiger partial charge in [0.15, 0.2) is 0 Å². The fraction of sp³-hybridized carbons (Fsp3) is 0.250. The highest BCUT2D eigenvalue weighted by atomic mass is 35.5. The molecule has 2 aromatic rings. The Morgan fingerprint density at radius 2 is 1.65 bits per heavy atom. The van der Waals surface area contributed by atoms with Gasteiger partial charge in [0, 0.05) is 10.6 Å². The third kappa shape index (κ3) is 2.89. The van der Waals surface area contributed by atoms with Gasteiger partial charge in [0.2, 0.25) is 0 Å². The number of hydrogen-bond donors (Lipinski definition) is 1. The summed E-state index contributed by atoms with van der Waals surface area (Å²) in [6, 6.07) is 10.8. The first-order chi connectivity index (χ1) is 9.56. The minimum absolute atomic E-state index is 0.560. The van der Waals surface area contributed by atoms with Crippen LogP contribution in [0.4, 0.5) is 0 Å². The molecule has 0 bridgehead atoms. The van der Waals surface area contributed by atoms with Crippen molar-refractivity contribution < 1.29 is 14.6 Å². The van der Waals surface area contributed by atoms with Gasteiger partial charge in [0.05, 0.1) is 14.2 Å². The van der Waals surface area contributed by atoms with Gasteiger partial charge >= 0.3 is 0 Å². The molecule has 0 aliphatic heterocycles. The molecular formula is C16H17ClO3. The summed E-state index contributed by atoms with van der Waals surface area (Å²) in [7, 11) is 3.19. The number of methoxy groups -OCH3 is 2. The minimum Gasteiger partial charge on any atom is -0.496 e. The van der Waals surface area contributed by atoms with E-state index in [9.17, 15) is 5.11 Å². The molecule has 0 radical (unpaired) electrons. The first-order valence-electron chi connectivity index (χ1n) is 6.23. The van der Waals surface area contributed by atoms with E-state index in [0.29, 0.717) is 16.3 Å². The zero-order chi connectivity index (χ0) is 14.7. The molecule has 1 atom stereocenters. The molecule has 0 amide bonds. The van der Waals surface area contributed by atoms with E-state index in [1.807, 2.05) is 25.1 Å². The third-order valence-electron chi connectivity index (χ3n) is 3.22. The van der Waals surface area contributed by atoms with E-state index in [0.717, 1.165) is 16.9 Å². The molecule has 2 rings (SSSR count). The number of aryl methyl sites for hydroxylation is 1. The van der Waals surface area contributed by atoms with Gasteiger partial charge in [0.25, 0.3) is 0 Å². The van der Waals surface area contributed by atoms with Gasteiger partial charge in [-0.15, -0.1) is 0 Å². The van der Waals surface area contributed by atoms with E-state index in [1.54, 1.807) is 32.4 Å². The number of aliphatic hydroxyl groups is 1. The van der Waals surface area contributed by atoms with Crippen LogP contribution in [-0.4, -0.2) is 19.3 Å². The fourth-order valence-electron chi connectivity index (χ4n) is 2.17. The smallest absolute Gasteiger partial charge is 0.125 e. The molecule has 3 nitrogen and oxygen atoms in total. The van der Waals surface area contributed by atoms with Crippen LogP contribution in [0.1, 0.15) is 22.8 Å². The van der Waals surface area contributed by atoms with E-state index >= 15 is 0 Å². The Bertz CT molecular complexity index is 611. The van der Waals surface area contributed by atoms with Gasteiger partial charge in [0.1, 0.15) is 17.6 Å². The highest BCUT2D eigenvalue weighted by molar-refractivity contribution is 6.30. The lowest BCUT2D eigenvalue weighted by Crippen LogP contribution is -2.03. The van der Waals surface area contributed by atoms with Crippen molar-refractivity contribution in [3.05, 3.63) is 58.1 Å². The van der Waals surface area contributed by atoms with Crippen molar-refractivity contribution in [1.82, 2.24) is 0 Å². The van der Waals surface area contributed by atoms with Gasteiger partial charge in [-0.05, 0) is 48.4 Å². The molecule has 1 unspecified atom stereocenters. The number of halogens is 1. The lowest BCUT2D eigenvalue weighted by molar-refractivity contribution is 0.214. The van der Waals surface area contributed by atoms with Crippen LogP contribution in [0.5, 0.6) is 11.5 Å². The van der Waals surface area contributed by atoms with Crippen LogP contribution in [-0.2, 0) is 0 Å². The predicted octanol–water partition coefficient (Wildman–Crippen LogP) is 3.75. The second-order valence-corrected chi connectivity index (χ2v) is 4.95. The summed E-state index contributed by atoms with van der Waals surface area (Å²) < 4.78 is 10.5. The quantitative estimate of drug-likeness (QED) is 0.933. The summed E-state index contributed by atoms with van der Waals surface area (Å²) in [5.41, 5.74) is 2.37. The topological polar surface area (TPSA) is 38.7 Å². The maximum Gasteiger partial charge on any atom is 0.125 e. The lowest BCUT2D eigenvalue weighted by Gasteiger charge is -2.17. The maximum atomic E-state index is 10.5. The van der Waals surface area contributed by atoms with Gasteiger partial charge < -0.3 is 14.6 Å². The molecular weight excluding hydrogens is 276 g/mol. The summed E-state index contributed by atoms with van der Waals surface area (Å²) in [5.74, 6) is 1.40. The van der Waals surface area contributed by atoms with Crippen molar-refractivity contribution in [2.75, 3.05) is 14.2 Å². The average Bonchev–Trinajstić information content (AvgIpc) is 2.46. The highest BCUT2D eigenvalue weighted by Gasteiger charge is 2.17. The lowest BCUT2D eigenvalue weighted by atomic mass is 9.99. The molecule has 20 heavy (non-hydrogen) atoms. The molecule has 0 fully saturated rings. The van der Waals surface area contributed by atoms with Crippen molar-refractivity contribution in [3.8, 4) is 11.5 Å². The Balaban J connectivity index is 2.43. The van der Waals surface area contributed by atoms with Crippen LogP contribution in [0.25, 0.3) is 0 Å². The first kappa shape index (κ1) is 14.7. The van der Waals surface area contributed by atoms with E-state index < -0.39 is 6.10 Å². The van der Waals surface area contributed by atoms with Crippen LogP contribution in [0, 0.1) is 6.92 Å². The van der Waals surface area contributed by atoms with Crippen molar-refractivity contribution in [2.45, 2.75) is 13.0 Å². The molecule has 0 heterocycles. The van der Waals surface area contributed by atoms with Crippen molar-refractivity contribution in [2.24, 2.45) is 0 Å².